The minimum atomic E-state index is -3.08. The molecule has 0 spiro atoms. The summed E-state index contributed by atoms with van der Waals surface area (Å²) < 4.78 is 25.0. The molecular weight excluding hydrogens is 310 g/mol. The van der Waals surface area contributed by atoms with Crippen LogP contribution in [0.3, 0.4) is 0 Å². The smallest absolute Gasteiger partial charge is 0.213 e. The minimum absolute atomic E-state index is 0.240. The van der Waals surface area contributed by atoms with E-state index >= 15 is 0 Å². The lowest BCUT2D eigenvalue weighted by Gasteiger charge is -2.36. The maximum absolute atomic E-state index is 11.9. The second kappa shape index (κ2) is 8.76. The molecule has 0 aromatic carbocycles. The van der Waals surface area contributed by atoms with Crippen LogP contribution in [0.25, 0.3) is 0 Å². The summed E-state index contributed by atoms with van der Waals surface area (Å²) in [5, 5.41) is 0. The first-order chi connectivity index (χ1) is 11.0. The van der Waals surface area contributed by atoms with E-state index in [0.717, 1.165) is 31.6 Å². The monoisotopic (exact) mass is 339 g/mol. The lowest BCUT2D eigenvalue weighted by Crippen LogP contribution is -2.41. The van der Waals surface area contributed by atoms with Gasteiger partial charge in [0.25, 0.3) is 0 Å². The molecule has 2 rings (SSSR count). The van der Waals surface area contributed by atoms with Crippen molar-refractivity contribution in [2.45, 2.75) is 44.6 Å². The van der Waals surface area contributed by atoms with Crippen molar-refractivity contribution in [2.75, 3.05) is 32.9 Å². The SMILES string of the molecule is CN(C)S(=O)(=O)CCCN1CCCC[C@H]1CCc1ccccn1. The number of aromatic nitrogens is 1. The minimum Gasteiger partial charge on any atom is -0.300 e. The van der Waals surface area contributed by atoms with Crippen LogP contribution in [0.5, 0.6) is 0 Å². The number of rotatable bonds is 8. The van der Waals surface area contributed by atoms with Gasteiger partial charge in [0.15, 0.2) is 0 Å². The van der Waals surface area contributed by atoms with Gasteiger partial charge in [0, 0.05) is 32.0 Å². The summed E-state index contributed by atoms with van der Waals surface area (Å²) in [6, 6.07) is 6.62. The van der Waals surface area contributed by atoms with Gasteiger partial charge in [-0.3, -0.25) is 4.98 Å². The van der Waals surface area contributed by atoms with Crippen molar-refractivity contribution in [1.82, 2.24) is 14.2 Å². The third kappa shape index (κ3) is 5.86. The molecule has 1 aliphatic rings. The number of piperidine rings is 1. The molecule has 0 saturated carbocycles. The van der Waals surface area contributed by atoms with E-state index in [1.54, 1.807) is 14.1 Å². The third-order valence-electron chi connectivity index (χ3n) is 4.61. The van der Waals surface area contributed by atoms with Crippen LogP contribution < -0.4 is 0 Å². The third-order valence-corrected chi connectivity index (χ3v) is 6.53. The Morgan fingerprint density at radius 2 is 2.13 bits per heavy atom. The lowest BCUT2D eigenvalue weighted by atomic mass is 9.97. The molecule has 5 nitrogen and oxygen atoms in total. The van der Waals surface area contributed by atoms with Gasteiger partial charge < -0.3 is 4.90 Å². The second-order valence-corrected chi connectivity index (χ2v) is 8.80. The van der Waals surface area contributed by atoms with E-state index < -0.39 is 10.0 Å². The van der Waals surface area contributed by atoms with E-state index in [9.17, 15) is 8.42 Å². The fourth-order valence-electron chi connectivity index (χ4n) is 3.17. The first-order valence-corrected chi connectivity index (χ1v) is 10.1. The Kier molecular flexibility index (Phi) is 6.99. The predicted octanol–water partition coefficient (Wildman–Crippen LogP) is 2.15. The second-order valence-electron chi connectivity index (χ2n) is 6.50. The van der Waals surface area contributed by atoms with Crippen LogP contribution >= 0.6 is 0 Å². The van der Waals surface area contributed by atoms with Crippen LogP contribution in [-0.2, 0) is 16.4 Å². The van der Waals surface area contributed by atoms with Gasteiger partial charge in [-0.25, -0.2) is 12.7 Å². The molecule has 0 N–H and O–H groups in total. The Labute approximate surface area is 140 Å². The summed E-state index contributed by atoms with van der Waals surface area (Å²) in [7, 11) is 0.131. The van der Waals surface area contributed by atoms with Gasteiger partial charge >= 0.3 is 0 Å². The van der Waals surface area contributed by atoms with Gasteiger partial charge in [-0.1, -0.05) is 12.5 Å². The molecule has 130 valence electrons. The number of likely N-dealkylation sites (tertiary alicyclic amines) is 1. The largest absolute Gasteiger partial charge is 0.300 e. The molecule has 23 heavy (non-hydrogen) atoms. The first kappa shape index (κ1) is 18.4. The molecule has 0 aliphatic carbocycles. The van der Waals surface area contributed by atoms with E-state index in [-0.39, 0.29) is 5.75 Å². The molecular formula is C17H29N3O2S. The Bertz CT molecular complexity index is 560. The average molecular weight is 340 g/mol. The number of nitrogens with zero attached hydrogens (tertiary/aromatic N) is 3. The lowest BCUT2D eigenvalue weighted by molar-refractivity contribution is 0.140. The zero-order valence-corrected chi connectivity index (χ0v) is 15.1. The Balaban J connectivity index is 1.81. The molecule has 0 bridgehead atoms. The van der Waals surface area contributed by atoms with Gasteiger partial charge in [0.05, 0.1) is 5.75 Å². The van der Waals surface area contributed by atoms with E-state index in [1.165, 1.54) is 23.6 Å². The maximum atomic E-state index is 11.9. The molecule has 1 aromatic heterocycles. The van der Waals surface area contributed by atoms with Crippen molar-refractivity contribution in [1.29, 1.82) is 0 Å². The highest BCUT2D eigenvalue weighted by atomic mass is 32.2. The molecule has 6 heteroatoms. The van der Waals surface area contributed by atoms with Crippen LogP contribution in [0.2, 0.25) is 0 Å². The van der Waals surface area contributed by atoms with Gasteiger partial charge in [0.2, 0.25) is 10.0 Å². The van der Waals surface area contributed by atoms with Crippen molar-refractivity contribution >= 4 is 10.0 Å². The van der Waals surface area contributed by atoms with Crippen molar-refractivity contribution in [2.24, 2.45) is 0 Å². The number of hydrogen-bond acceptors (Lipinski definition) is 4. The number of pyridine rings is 1. The number of hydrogen-bond donors (Lipinski definition) is 0. The molecule has 1 aliphatic heterocycles. The summed E-state index contributed by atoms with van der Waals surface area (Å²) >= 11 is 0. The molecule has 0 amide bonds. The van der Waals surface area contributed by atoms with Crippen molar-refractivity contribution in [3.05, 3.63) is 30.1 Å². The fourth-order valence-corrected chi connectivity index (χ4v) is 4.03. The average Bonchev–Trinajstić information content (AvgIpc) is 2.54. The molecule has 1 saturated heterocycles. The topological polar surface area (TPSA) is 53.5 Å². The van der Waals surface area contributed by atoms with Crippen LogP contribution in [0.1, 0.15) is 37.8 Å². The first-order valence-electron chi connectivity index (χ1n) is 8.53. The molecule has 1 aromatic rings. The number of aryl methyl sites for hydroxylation is 1. The van der Waals surface area contributed by atoms with Gasteiger partial charge in [-0.15, -0.1) is 0 Å². The highest BCUT2D eigenvalue weighted by Crippen LogP contribution is 2.21. The van der Waals surface area contributed by atoms with Crippen molar-refractivity contribution < 1.29 is 8.42 Å². The summed E-state index contributed by atoms with van der Waals surface area (Å²) in [6.07, 6.45) is 8.38. The Morgan fingerprint density at radius 1 is 1.30 bits per heavy atom. The highest BCUT2D eigenvalue weighted by Gasteiger charge is 2.23. The van der Waals surface area contributed by atoms with Gasteiger partial charge in [-0.2, -0.15) is 0 Å². The Hall–Kier alpha value is -0.980. The predicted molar refractivity (Wildman–Crippen MR) is 93.9 cm³/mol. The van der Waals surface area contributed by atoms with E-state index in [0.29, 0.717) is 12.5 Å². The van der Waals surface area contributed by atoms with Crippen LogP contribution in [-0.4, -0.2) is 61.6 Å². The van der Waals surface area contributed by atoms with E-state index in [4.69, 9.17) is 0 Å². The zero-order chi connectivity index (χ0) is 16.7. The van der Waals surface area contributed by atoms with Crippen molar-refractivity contribution in [3.8, 4) is 0 Å². The summed E-state index contributed by atoms with van der Waals surface area (Å²) in [6.45, 7) is 1.97. The van der Waals surface area contributed by atoms with E-state index in [2.05, 4.69) is 16.0 Å². The molecule has 0 radical (unpaired) electrons. The van der Waals surface area contributed by atoms with Gasteiger partial charge in [0.1, 0.15) is 0 Å². The summed E-state index contributed by atoms with van der Waals surface area (Å²) in [5.74, 6) is 0.240. The molecule has 1 atom stereocenters. The van der Waals surface area contributed by atoms with Crippen LogP contribution in [0, 0.1) is 0 Å². The zero-order valence-electron chi connectivity index (χ0n) is 14.3. The molecule has 2 heterocycles. The standard InChI is InChI=1S/C17H29N3O2S/c1-19(2)23(21,22)15-7-14-20-13-6-4-9-17(20)11-10-16-8-3-5-12-18-16/h3,5,8,12,17H,4,6-7,9-11,13-15H2,1-2H3/t17-/m0/s1. The maximum Gasteiger partial charge on any atom is 0.213 e. The molecule has 1 fully saturated rings. The highest BCUT2D eigenvalue weighted by molar-refractivity contribution is 7.89. The molecule has 0 unspecified atom stereocenters. The van der Waals surface area contributed by atoms with Crippen molar-refractivity contribution in [3.63, 3.8) is 0 Å². The normalized spacial score (nSPS) is 20.0. The summed E-state index contributed by atoms with van der Waals surface area (Å²) in [5.41, 5.74) is 1.15. The quantitative estimate of drug-likeness (QED) is 0.728. The van der Waals surface area contributed by atoms with Crippen LogP contribution in [0.4, 0.5) is 0 Å². The van der Waals surface area contributed by atoms with E-state index in [1.807, 2.05) is 18.3 Å². The Morgan fingerprint density at radius 3 is 2.83 bits per heavy atom. The van der Waals surface area contributed by atoms with Gasteiger partial charge in [-0.05, 0) is 57.3 Å². The van der Waals surface area contributed by atoms with Crippen LogP contribution in [0.15, 0.2) is 24.4 Å². The number of sulfonamides is 1. The summed E-state index contributed by atoms with van der Waals surface area (Å²) in [4.78, 5) is 6.88. The fraction of sp³-hybridized carbons (Fsp3) is 0.706.